The van der Waals surface area contributed by atoms with Crippen LogP contribution in [0.15, 0.2) is 24.4 Å². The first-order chi connectivity index (χ1) is 7.97. The molecule has 6 heteroatoms. The van der Waals surface area contributed by atoms with Gasteiger partial charge in [-0.3, -0.25) is 10.1 Å². The zero-order valence-electron chi connectivity index (χ0n) is 9.67. The summed E-state index contributed by atoms with van der Waals surface area (Å²) in [7, 11) is 1.67. The molecule has 1 heterocycles. The lowest BCUT2D eigenvalue weighted by atomic mass is 10.2. The Morgan fingerprint density at radius 1 is 1.76 bits per heavy atom. The van der Waals surface area contributed by atoms with Crippen LogP contribution in [0.3, 0.4) is 0 Å². The summed E-state index contributed by atoms with van der Waals surface area (Å²) in [6.45, 7) is 6.00. The van der Waals surface area contributed by atoms with E-state index in [9.17, 15) is 10.1 Å². The first-order valence-corrected chi connectivity index (χ1v) is 4.86. The van der Waals surface area contributed by atoms with E-state index < -0.39 is 4.92 Å². The highest BCUT2D eigenvalue weighted by Gasteiger charge is 2.23. The van der Waals surface area contributed by atoms with Crippen LogP contribution >= 0.6 is 0 Å². The molecule has 88 valence electrons. The van der Waals surface area contributed by atoms with Crippen molar-refractivity contribution in [2.24, 2.45) is 0 Å². The molecule has 0 spiro atoms. The zero-order chi connectivity index (χ0) is 13.0. The second-order valence-corrected chi connectivity index (χ2v) is 3.71. The molecule has 1 rings (SSSR count). The monoisotopic (exact) mass is 232 g/mol. The molecule has 0 aromatic carbocycles. The summed E-state index contributed by atoms with van der Waals surface area (Å²) >= 11 is 0. The van der Waals surface area contributed by atoms with Crippen molar-refractivity contribution in [1.82, 2.24) is 4.98 Å². The molecule has 1 aromatic heterocycles. The van der Waals surface area contributed by atoms with Crippen molar-refractivity contribution in [3.63, 3.8) is 0 Å². The van der Waals surface area contributed by atoms with Crippen LogP contribution in [0.25, 0.3) is 0 Å². The minimum absolute atomic E-state index is 0.00793. The van der Waals surface area contributed by atoms with Gasteiger partial charge in [0.1, 0.15) is 11.6 Å². The summed E-state index contributed by atoms with van der Waals surface area (Å²) < 4.78 is 0. The lowest BCUT2D eigenvalue weighted by Gasteiger charge is -2.17. The van der Waals surface area contributed by atoms with Gasteiger partial charge in [-0.05, 0) is 13.0 Å². The molecule has 0 bridgehead atoms. The minimum Gasteiger partial charge on any atom is -0.350 e. The minimum atomic E-state index is -0.587. The maximum Gasteiger partial charge on any atom is 0.329 e. The number of aromatic nitrogens is 1. The molecule has 0 N–H and O–H groups in total. The number of hydrogen-bond acceptors (Lipinski definition) is 5. The number of anilines is 1. The van der Waals surface area contributed by atoms with Crippen LogP contribution in [0, 0.1) is 21.4 Å². The molecule has 0 aliphatic rings. The van der Waals surface area contributed by atoms with E-state index in [-0.39, 0.29) is 17.1 Å². The molecular formula is C11H12N4O2. The van der Waals surface area contributed by atoms with Gasteiger partial charge in [-0.25, -0.2) is 4.98 Å². The third-order valence-electron chi connectivity index (χ3n) is 2.08. The van der Waals surface area contributed by atoms with Crippen LogP contribution in [-0.2, 0) is 0 Å². The predicted molar refractivity (Wildman–Crippen MR) is 63.7 cm³/mol. The van der Waals surface area contributed by atoms with Gasteiger partial charge in [0.05, 0.1) is 4.92 Å². The molecule has 6 nitrogen and oxygen atoms in total. The average Bonchev–Trinajstić information content (AvgIpc) is 2.26. The third kappa shape index (κ3) is 2.78. The van der Waals surface area contributed by atoms with E-state index in [1.165, 1.54) is 12.3 Å². The Morgan fingerprint density at radius 2 is 2.41 bits per heavy atom. The molecule has 17 heavy (non-hydrogen) atoms. The average molecular weight is 232 g/mol. The molecule has 0 aliphatic heterocycles. The normalized spacial score (nSPS) is 9.47. The van der Waals surface area contributed by atoms with E-state index in [2.05, 4.69) is 11.6 Å². The summed E-state index contributed by atoms with van der Waals surface area (Å²) in [5.74, 6) is 0.178. The van der Waals surface area contributed by atoms with Gasteiger partial charge < -0.3 is 4.90 Å². The molecular weight excluding hydrogens is 220 g/mol. The van der Waals surface area contributed by atoms with Gasteiger partial charge in [-0.15, -0.1) is 0 Å². The fourth-order valence-corrected chi connectivity index (χ4v) is 1.47. The standard InChI is InChI=1S/C11H12N4O2/c1-8(2)7-14(3)11-10(15(16)17)9(6-12)4-5-13-11/h4-5H,1,7H2,2-3H3. The van der Waals surface area contributed by atoms with E-state index in [0.29, 0.717) is 6.54 Å². The summed E-state index contributed by atoms with van der Waals surface area (Å²) in [4.78, 5) is 15.9. The smallest absolute Gasteiger partial charge is 0.329 e. The molecule has 0 fully saturated rings. The highest BCUT2D eigenvalue weighted by atomic mass is 16.6. The van der Waals surface area contributed by atoms with Gasteiger partial charge in [0, 0.05) is 19.8 Å². The van der Waals surface area contributed by atoms with Crippen molar-refractivity contribution < 1.29 is 4.92 Å². The predicted octanol–water partition coefficient (Wildman–Crippen LogP) is 1.87. The van der Waals surface area contributed by atoms with Crippen molar-refractivity contribution >= 4 is 11.5 Å². The number of nitriles is 1. The molecule has 0 amide bonds. The highest BCUT2D eigenvalue weighted by Crippen LogP contribution is 2.28. The highest BCUT2D eigenvalue weighted by molar-refractivity contribution is 5.65. The number of nitro groups is 1. The largest absolute Gasteiger partial charge is 0.350 e. The SMILES string of the molecule is C=C(C)CN(C)c1nccc(C#N)c1[N+](=O)[O-]. The lowest BCUT2D eigenvalue weighted by Crippen LogP contribution is -2.21. The first kappa shape index (κ1) is 12.6. The Hall–Kier alpha value is -2.42. The zero-order valence-corrected chi connectivity index (χ0v) is 9.67. The van der Waals surface area contributed by atoms with Crippen LogP contribution in [0.2, 0.25) is 0 Å². The molecule has 0 radical (unpaired) electrons. The fraction of sp³-hybridized carbons (Fsp3) is 0.273. The topological polar surface area (TPSA) is 83.1 Å². The van der Waals surface area contributed by atoms with Crippen molar-refractivity contribution in [3.8, 4) is 6.07 Å². The maximum atomic E-state index is 11.0. The number of nitrogens with zero attached hydrogens (tertiary/aromatic N) is 4. The summed E-state index contributed by atoms with van der Waals surface area (Å²) in [5.41, 5.74) is 0.596. The molecule has 1 aromatic rings. The second kappa shape index (κ2) is 5.07. The molecule has 0 aliphatic carbocycles. The number of hydrogen-bond donors (Lipinski definition) is 0. The third-order valence-corrected chi connectivity index (χ3v) is 2.08. The number of likely N-dealkylation sites (N-methyl/N-ethyl adjacent to an activating group) is 1. The van der Waals surface area contributed by atoms with Crippen molar-refractivity contribution in [2.45, 2.75) is 6.92 Å². The second-order valence-electron chi connectivity index (χ2n) is 3.71. The van der Waals surface area contributed by atoms with Crippen LogP contribution in [0.5, 0.6) is 0 Å². The van der Waals surface area contributed by atoms with Crippen molar-refractivity contribution in [2.75, 3.05) is 18.5 Å². The van der Waals surface area contributed by atoms with Gasteiger partial charge >= 0.3 is 5.69 Å². The molecule has 0 atom stereocenters. The van der Waals surface area contributed by atoms with Gasteiger partial charge in [0.15, 0.2) is 0 Å². The number of pyridine rings is 1. The number of rotatable bonds is 4. The summed E-state index contributed by atoms with van der Waals surface area (Å²) in [5, 5.41) is 19.8. The van der Waals surface area contributed by atoms with Gasteiger partial charge in [0.2, 0.25) is 5.82 Å². The Balaban J connectivity index is 3.29. The first-order valence-electron chi connectivity index (χ1n) is 4.86. The van der Waals surface area contributed by atoms with E-state index >= 15 is 0 Å². The molecule has 0 saturated heterocycles. The van der Waals surface area contributed by atoms with E-state index in [1.807, 2.05) is 6.92 Å². The van der Waals surface area contributed by atoms with Crippen molar-refractivity contribution in [3.05, 3.63) is 40.1 Å². The van der Waals surface area contributed by atoms with E-state index in [1.54, 1.807) is 18.0 Å². The quantitative estimate of drug-likeness (QED) is 0.449. The Morgan fingerprint density at radius 3 is 2.88 bits per heavy atom. The van der Waals surface area contributed by atoms with Crippen LogP contribution in [0.1, 0.15) is 12.5 Å². The fourth-order valence-electron chi connectivity index (χ4n) is 1.47. The maximum absolute atomic E-state index is 11.0. The Labute approximate surface area is 99.0 Å². The summed E-state index contributed by atoms with van der Waals surface area (Å²) in [6, 6.07) is 3.12. The molecule has 0 unspecified atom stereocenters. The van der Waals surface area contributed by atoms with Crippen LogP contribution < -0.4 is 4.90 Å². The van der Waals surface area contributed by atoms with Gasteiger partial charge in [0.25, 0.3) is 0 Å². The van der Waals surface area contributed by atoms with Crippen LogP contribution in [-0.4, -0.2) is 23.5 Å². The van der Waals surface area contributed by atoms with Crippen LogP contribution in [0.4, 0.5) is 11.5 Å². The van der Waals surface area contributed by atoms with Crippen molar-refractivity contribution in [1.29, 1.82) is 5.26 Å². The lowest BCUT2D eigenvalue weighted by molar-refractivity contribution is -0.384. The Bertz CT molecular complexity index is 505. The van der Waals surface area contributed by atoms with E-state index in [0.717, 1.165) is 5.57 Å². The molecule has 0 saturated carbocycles. The summed E-state index contributed by atoms with van der Waals surface area (Å²) in [6.07, 6.45) is 1.38. The van der Waals surface area contributed by atoms with E-state index in [4.69, 9.17) is 5.26 Å². The van der Waals surface area contributed by atoms with Gasteiger partial charge in [-0.1, -0.05) is 12.2 Å². The Kier molecular flexibility index (Phi) is 3.78. The van der Waals surface area contributed by atoms with Gasteiger partial charge in [-0.2, -0.15) is 5.26 Å².